The minimum Gasteiger partial charge on any atom is -0.507 e. The molecule has 0 aliphatic rings. The van der Waals surface area contributed by atoms with E-state index in [4.69, 9.17) is 9.05 Å². The Kier molecular flexibility index (Phi) is 13.1. The molecule has 2 unspecified atom stereocenters. The Morgan fingerprint density at radius 2 is 0.805 bits per heavy atom. The molecule has 0 spiro atoms. The van der Waals surface area contributed by atoms with Gasteiger partial charge < -0.3 is 10.2 Å². The average molecular weight is 614 g/mol. The number of rotatable bonds is 8. The van der Waals surface area contributed by atoms with Gasteiger partial charge in [-0.25, -0.2) is 0 Å². The van der Waals surface area contributed by atoms with Crippen molar-refractivity contribution in [3.8, 4) is 11.5 Å². The molecule has 0 saturated heterocycles. The summed E-state index contributed by atoms with van der Waals surface area (Å²) in [5.74, 6) is 0.615. The molecule has 2 aromatic rings. The number of aromatic hydroxyl groups is 2. The van der Waals surface area contributed by atoms with Crippen LogP contribution in [0.4, 0.5) is 0 Å². The first kappa shape index (κ1) is 38.3. The van der Waals surface area contributed by atoms with Gasteiger partial charge in [0.15, 0.2) is 0 Å². The van der Waals surface area contributed by atoms with Gasteiger partial charge in [-0.2, -0.15) is 0 Å². The third kappa shape index (κ3) is 9.65. The van der Waals surface area contributed by atoms with Gasteiger partial charge in [0.1, 0.15) is 23.7 Å². The number of phenolic OH excluding ortho intramolecular Hbond substituents is 2. The van der Waals surface area contributed by atoms with Crippen LogP contribution in [0, 0.1) is 0 Å². The van der Waals surface area contributed by atoms with Gasteiger partial charge in [-0.3, -0.25) is 0 Å². The molecule has 0 amide bonds. The first-order chi connectivity index (χ1) is 18.0. The summed E-state index contributed by atoms with van der Waals surface area (Å²) >= 11 is 0. The van der Waals surface area contributed by atoms with Crippen LogP contribution < -0.4 is 0 Å². The molecule has 41 heavy (non-hydrogen) atoms. The molecular weight excluding hydrogens is 559 g/mol. The van der Waals surface area contributed by atoms with Gasteiger partial charge in [0.25, 0.3) is 0 Å². The molecule has 0 saturated carbocycles. The monoisotopic (exact) mass is 613 g/mol. The van der Waals surface area contributed by atoms with E-state index in [0.29, 0.717) is 24.3 Å². The fourth-order valence-electron chi connectivity index (χ4n) is 4.95. The summed E-state index contributed by atoms with van der Waals surface area (Å²) in [4.78, 5) is 0. The largest absolute Gasteiger partial charge is 0.698 e. The van der Waals surface area contributed by atoms with E-state index < -0.39 is 20.5 Å². The van der Waals surface area contributed by atoms with E-state index >= 15 is 0 Å². The fraction of sp³-hybridized carbons (Fsp3) is 0.647. The van der Waals surface area contributed by atoms with Crippen molar-refractivity contribution in [2.24, 2.45) is 0 Å². The molecule has 226 valence electrons. The van der Waals surface area contributed by atoms with Gasteiger partial charge >= 0.3 is 8.25 Å². The summed E-state index contributed by atoms with van der Waals surface area (Å²) in [6.07, 6.45) is 0.277. The maximum atomic E-state index is 13.4. The van der Waals surface area contributed by atoms with E-state index in [2.05, 4.69) is 83.1 Å². The van der Waals surface area contributed by atoms with Crippen LogP contribution in [0.3, 0.4) is 0 Å². The second-order valence-corrected chi connectivity index (χ2v) is 16.0. The van der Waals surface area contributed by atoms with E-state index in [1.165, 1.54) is 0 Å². The summed E-state index contributed by atoms with van der Waals surface area (Å²) in [5, 5.41) is 22.3. The molecule has 2 aromatic carbocycles. The number of benzene rings is 2. The van der Waals surface area contributed by atoms with E-state index in [1.54, 1.807) is 0 Å². The van der Waals surface area contributed by atoms with Crippen LogP contribution >= 0.6 is 8.25 Å². The van der Waals surface area contributed by atoms with Crippen molar-refractivity contribution >= 4 is 46.0 Å². The first-order valence-electron chi connectivity index (χ1n) is 14.6. The Bertz CT molecular complexity index is 1050. The summed E-state index contributed by atoms with van der Waals surface area (Å²) < 4.78 is 25.6. The topological polar surface area (TPSA) is 76.0 Å². The zero-order chi connectivity index (χ0) is 31.0. The van der Waals surface area contributed by atoms with E-state index in [-0.39, 0.29) is 59.4 Å². The molecule has 0 aromatic heterocycles. The Morgan fingerprint density at radius 1 is 0.585 bits per heavy atom. The van der Waals surface area contributed by atoms with E-state index in [1.807, 2.05) is 38.1 Å². The molecule has 0 aliphatic heterocycles. The van der Waals surface area contributed by atoms with Gasteiger partial charge in [0.2, 0.25) is 0 Å². The Labute approximate surface area is 280 Å². The second kappa shape index (κ2) is 14.0. The predicted octanol–water partition coefficient (Wildman–Crippen LogP) is 10.2. The third-order valence-corrected chi connectivity index (χ3v) is 8.26. The summed E-state index contributed by atoms with van der Waals surface area (Å²) in [7, 11) is -2.46. The zero-order valence-electron chi connectivity index (χ0n) is 28.2. The third-order valence-electron chi connectivity index (χ3n) is 7.41. The number of hydrogen-bond donors (Lipinski definition) is 2. The number of hydrogen-bond acceptors (Lipinski definition) is 5. The van der Waals surface area contributed by atoms with Crippen molar-refractivity contribution in [2.75, 3.05) is 0 Å². The summed E-state index contributed by atoms with van der Waals surface area (Å²) in [6.45, 7) is 28.9. The summed E-state index contributed by atoms with van der Waals surface area (Å²) in [5.41, 5.74) is 4.01. The molecule has 0 aliphatic carbocycles. The van der Waals surface area contributed by atoms with Gasteiger partial charge in [-0.05, 0) is 92.1 Å². The smallest absolute Gasteiger partial charge is 0.507 e. The van der Waals surface area contributed by atoms with Crippen LogP contribution in [0.25, 0.3) is 0 Å². The molecule has 0 bridgehead atoms. The van der Waals surface area contributed by atoms with Crippen LogP contribution in [0.5, 0.6) is 11.5 Å². The van der Waals surface area contributed by atoms with Crippen LogP contribution in [0.15, 0.2) is 24.3 Å². The molecule has 5 nitrogen and oxygen atoms in total. The maximum Gasteiger partial charge on any atom is 0.698 e. The standard InChI is InChI=1S/C34H53O5P.Ca/c1-15-27(21-17-23(31(3,4)5)29(35)24(18-21)32(6,7)8)38-40(37)39-28(16-2)22-19-25(33(9,10)11)30(36)26(20-22)34(12,13)14;/h17-20,27-28H,15-16H2,1-14H3,(H-,35,36);/p+1. The Morgan fingerprint density at radius 3 is 0.976 bits per heavy atom. The van der Waals surface area contributed by atoms with Gasteiger partial charge in [0, 0.05) is 42.3 Å². The van der Waals surface area contributed by atoms with Crippen LogP contribution in [0.2, 0.25) is 0 Å². The average Bonchev–Trinajstić information content (AvgIpc) is 2.78. The molecule has 2 rings (SSSR count). The molecule has 7 heteroatoms. The minimum absolute atomic E-state index is 0. The van der Waals surface area contributed by atoms with Crippen molar-refractivity contribution < 1.29 is 23.8 Å². The van der Waals surface area contributed by atoms with Gasteiger partial charge in [0.05, 0.1) is 0 Å². The second-order valence-electron chi connectivity index (χ2n) is 15.2. The van der Waals surface area contributed by atoms with Crippen molar-refractivity contribution in [1.29, 1.82) is 0 Å². The molecular formula is C34H54CaO5P+. The van der Waals surface area contributed by atoms with Gasteiger partial charge in [-0.1, -0.05) is 96.9 Å². The van der Waals surface area contributed by atoms with E-state index in [9.17, 15) is 14.8 Å². The molecule has 0 heterocycles. The normalized spacial score (nSPS) is 14.8. The van der Waals surface area contributed by atoms with Crippen molar-refractivity contribution in [3.63, 3.8) is 0 Å². The molecule has 2 atom stereocenters. The Hall–Kier alpha value is -0.680. The first-order valence-corrected chi connectivity index (χ1v) is 15.7. The molecule has 2 radical (unpaired) electrons. The molecule has 0 fully saturated rings. The zero-order valence-corrected chi connectivity index (χ0v) is 31.3. The number of phenols is 2. The Balaban J connectivity index is 0.00000840. The van der Waals surface area contributed by atoms with Crippen molar-refractivity contribution in [3.05, 3.63) is 57.6 Å². The predicted molar refractivity (Wildman–Crippen MR) is 173 cm³/mol. The van der Waals surface area contributed by atoms with Crippen LogP contribution in [-0.4, -0.2) is 48.0 Å². The SMILES string of the molecule is CCC(O[P+](=O)OC(CC)c1cc(C(C)(C)C)c(O)c(C(C)(C)C)c1)c1cc(C(C)(C)C)c(O)c(C(C)(C)C)c1.[Ca]. The maximum absolute atomic E-state index is 13.4. The van der Waals surface area contributed by atoms with Crippen molar-refractivity contribution in [1.82, 2.24) is 0 Å². The fourth-order valence-corrected chi connectivity index (χ4v) is 5.95. The van der Waals surface area contributed by atoms with Crippen LogP contribution in [-0.2, 0) is 35.3 Å². The van der Waals surface area contributed by atoms with Crippen molar-refractivity contribution in [2.45, 2.75) is 144 Å². The van der Waals surface area contributed by atoms with E-state index in [0.717, 1.165) is 33.4 Å². The summed E-state index contributed by atoms with van der Waals surface area (Å²) in [6, 6.07) is 7.91. The molecule has 2 N–H and O–H groups in total. The van der Waals surface area contributed by atoms with Gasteiger partial charge in [-0.15, -0.1) is 9.05 Å². The quantitative estimate of drug-likeness (QED) is 0.229. The minimum atomic E-state index is -2.46. The van der Waals surface area contributed by atoms with Crippen LogP contribution in [0.1, 0.15) is 155 Å².